The molecular formula is C13H17BBrN3O2S. The van der Waals surface area contributed by atoms with E-state index in [-0.39, 0.29) is 11.2 Å². The zero-order valence-corrected chi connectivity index (χ0v) is 15.1. The van der Waals surface area contributed by atoms with Crippen molar-refractivity contribution in [3.63, 3.8) is 0 Å². The molecule has 1 aliphatic heterocycles. The summed E-state index contributed by atoms with van der Waals surface area (Å²) >= 11 is 5.06. The Balaban J connectivity index is 1.95. The number of imidazole rings is 1. The summed E-state index contributed by atoms with van der Waals surface area (Å²) in [5, 5.41) is 0.849. The van der Waals surface area contributed by atoms with Gasteiger partial charge in [0.25, 0.3) is 0 Å². The SMILES string of the molecule is Cc1nccn1-c1nc(Br)c(B2OC(C)(C)C(C)(C)O2)s1. The maximum absolute atomic E-state index is 6.09. The van der Waals surface area contributed by atoms with Crippen LogP contribution in [0.25, 0.3) is 5.13 Å². The van der Waals surface area contributed by atoms with Crippen LogP contribution in [0.15, 0.2) is 17.0 Å². The van der Waals surface area contributed by atoms with Crippen molar-refractivity contribution < 1.29 is 9.31 Å². The fraction of sp³-hybridized carbons (Fsp3) is 0.538. The maximum atomic E-state index is 6.09. The van der Waals surface area contributed by atoms with Gasteiger partial charge in [-0.1, -0.05) is 0 Å². The van der Waals surface area contributed by atoms with E-state index in [1.807, 2.05) is 45.4 Å². The fourth-order valence-corrected chi connectivity index (χ4v) is 3.74. The molecule has 2 aromatic heterocycles. The van der Waals surface area contributed by atoms with Crippen LogP contribution in [0.5, 0.6) is 0 Å². The third-order valence-corrected chi connectivity index (χ3v) is 6.04. The standard InChI is InChI=1S/C13H17BBrN3O2S/c1-8-16-6-7-18(8)11-17-10(15)9(21-11)14-19-12(2,3)13(4,5)20-14/h6-7H,1-5H3. The van der Waals surface area contributed by atoms with E-state index in [9.17, 15) is 0 Å². The van der Waals surface area contributed by atoms with E-state index in [0.717, 1.165) is 20.3 Å². The van der Waals surface area contributed by atoms with Gasteiger partial charge >= 0.3 is 7.12 Å². The van der Waals surface area contributed by atoms with Gasteiger partial charge in [0, 0.05) is 12.4 Å². The van der Waals surface area contributed by atoms with Gasteiger partial charge in [0.2, 0.25) is 0 Å². The first-order valence-electron chi connectivity index (χ1n) is 6.73. The van der Waals surface area contributed by atoms with Gasteiger partial charge in [-0.05, 0) is 50.5 Å². The van der Waals surface area contributed by atoms with Crippen LogP contribution in [0.2, 0.25) is 0 Å². The monoisotopic (exact) mass is 369 g/mol. The summed E-state index contributed by atoms with van der Waals surface area (Å²) in [6, 6.07) is 0. The molecule has 0 radical (unpaired) electrons. The van der Waals surface area contributed by atoms with Gasteiger partial charge in [0.1, 0.15) is 10.4 Å². The van der Waals surface area contributed by atoms with Crippen LogP contribution in [0.3, 0.4) is 0 Å². The molecule has 0 aliphatic carbocycles. The van der Waals surface area contributed by atoms with Crippen LogP contribution >= 0.6 is 27.3 Å². The van der Waals surface area contributed by atoms with Gasteiger partial charge < -0.3 is 9.31 Å². The molecule has 21 heavy (non-hydrogen) atoms. The first kappa shape index (κ1) is 15.2. The van der Waals surface area contributed by atoms with Crippen LogP contribution in [0, 0.1) is 6.92 Å². The van der Waals surface area contributed by atoms with E-state index in [1.54, 1.807) is 17.5 Å². The number of hydrogen-bond donors (Lipinski definition) is 0. The van der Waals surface area contributed by atoms with Gasteiger partial charge in [-0.3, -0.25) is 4.57 Å². The highest BCUT2D eigenvalue weighted by molar-refractivity contribution is 9.10. The second kappa shape index (κ2) is 4.91. The Bertz CT molecular complexity index is 667. The number of nitrogens with zero attached hydrogens (tertiary/aromatic N) is 3. The zero-order chi connectivity index (χ0) is 15.4. The Hall–Kier alpha value is -0.695. The topological polar surface area (TPSA) is 49.2 Å². The molecule has 8 heteroatoms. The van der Waals surface area contributed by atoms with Crippen molar-refractivity contribution in [2.75, 3.05) is 0 Å². The fourth-order valence-electron chi connectivity index (χ4n) is 2.08. The molecule has 0 amide bonds. The van der Waals surface area contributed by atoms with Crippen LogP contribution in [-0.4, -0.2) is 32.9 Å². The molecule has 0 saturated carbocycles. The van der Waals surface area contributed by atoms with Crippen molar-refractivity contribution in [3.05, 3.63) is 22.8 Å². The lowest BCUT2D eigenvalue weighted by molar-refractivity contribution is 0.00578. The Morgan fingerprint density at radius 2 is 1.86 bits per heavy atom. The second-order valence-corrected chi connectivity index (χ2v) is 7.84. The second-order valence-electron chi connectivity index (χ2n) is 6.08. The van der Waals surface area contributed by atoms with Crippen LogP contribution < -0.4 is 4.78 Å². The summed E-state index contributed by atoms with van der Waals surface area (Å²) in [5.41, 5.74) is -0.710. The van der Waals surface area contributed by atoms with E-state index >= 15 is 0 Å². The van der Waals surface area contributed by atoms with Crippen molar-refractivity contribution in [2.45, 2.75) is 45.8 Å². The molecule has 0 aromatic carbocycles. The van der Waals surface area contributed by atoms with Crippen LogP contribution in [-0.2, 0) is 9.31 Å². The summed E-state index contributed by atoms with van der Waals surface area (Å²) in [5.74, 6) is 0.900. The molecule has 0 bridgehead atoms. The highest BCUT2D eigenvalue weighted by Gasteiger charge is 2.53. The van der Waals surface area contributed by atoms with E-state index in [2.05, 4.69) is 25.9 Å². The zero-order valence-electron chi connectivity index (χ0n) is 12.7. The predicted molar refractivity (Wildman–Crippen MR) is 87.4 cm³/mol. The number of halogens is 1. The minimum Gasteiger partial charge on any atom is -0.399 e. The molecule has 1 saturated heterocycles. The predicted octanol–water partition coefficient (Wildman–Crippen LogP) is 2.70. The molecule has 0 spiro atoms. The number of aryl methyl sites for hydroxylation is 1. The summed E-state index contributed by atoms with van der Waals surface area (Å²) in [6.45, 7) is 10.1. The van der Waals surface area contributed by atoms with Crippen LogP contribution in [0.1, 0.15) is 33.5 Å². The van der Waals surface area contributed by atoms with Crippen LogP contribution in [0.4, 0.5) is 0 Å². The summed E-state index contributed by atoms with van der Waals surface area (Å²) in [4.78, 5) is 8.78. The van der Waals surface area contributed by atoms with Crippen molar-refractivity contribution >= 4 is 39.2 Å². The van der Waals surface area contributed by atoms with E-state index in [1.165, 1.54) is 0 Å². The van der Waals surface area contributed by atoms with Gasteiger partial charge in [-0.2, -0.15) is 0 Å². The first-order valence-corrected chi connectivity index (χ1v) is 8.34. The summed E-state index contributed by atoms with van der Waals surface area (Å²) < 4.78 is 15.8. The molecule has 5 nitrogen and oxygen atoms in total. The van der Waals surface area contributed by atoms with Crippen molar-refractivity contribution in [1.29, 1.82) is 0 Å². The Labute approximate surface area is 137 Å². The third kappa shape index (κ3) is 2.48. The van der Waals surface area contributed by atoms with Crippen molar-refractivity contribution in [3.8, 4) is 5.13 Å². The van der Waals surface area contributed by atoms with Crippen molar-refractivity contribution in [2.24, 2.45) is 0 Å². The summed E-state index contributed by atoms with van der Waals surface area (Å²) in [6.07, 6.45) is 3.66. The van der Waals surface area contributed by atoms with Gasteiger partial charge in [0.05, 0.1) is 16.0 Å². The molecule has 0 atom stereocenters. The first-order chi connectivity index (χ1) is 9.71. The number of hydrogen-bond acceptors (Lipinski definition) is 5. The molecule has 3 rings (SSSR count). The Kier molecular flexibility index (Phi) is 3.55. The Morgan fingerprint density at radius 1 is 1.24 bits per heavy atom. The lowest BCUT2D eigenvalue weighted by atomic mass is 9.89. The smallest absolute Gasteiger partial charge is 0.399 e. The van der Waals surface area contributed by atoms with Gasteiger partial charge in [-0.15, -0.1) is 11.3 Å². The molecule has 0 unspecified atom stereocenters. The molecule has 1 aliphatic rings. The van der Waals surface area contributed by atoms with Crippen molar-refractivity contribution in [1.82, 2.24) is 14.5 Å². The van der Waals surface area contributed by atoms with E-state index < -0.39 is 7.12 Å². The Morgan fingerprint density at radius 3 is 2.38 bits per heavy atom. The highest BCUT2D eigenvalue weighted by atomic mass is 79.9. The molecule has 0 N–H and O–H groups in total. The average Bonchev–Trinajstić information content (AvgIpc) is 2.98. The number of thiazole rings is 1. The molecule has 1 fully saturated rings. The molecule has 3 heterocycles. The minimum absolute atomic E-state index is 0.355. The molecular weight excluding hydrogens is 353 g/mol. The number of rotatable bonds is 2. The van der Waals surface area contributed by atoms with E-state index in [4.69, 9.17) is 9.31 Å². The third-order valence-electron chi connectivity index (χ3n) is 4.10. The normalized spacial score (nSPS) is 20.2. The lowest BCUT2D eigenvalue weighted by Crippen LogP contribution is -2.41. The average molecular weight is 370 g/mol. The largest absolute Gasteiger partial charge is 0.508 e. The van der Waals surface area contributed by atoms with Gasteiger partial charge in [0.15, 0.2) is 5.13 Å². The lowest BCUT2D eigenvalue weighted by Gasteiger charge is -2.32. The summed E-state index contributed by atoms with van der Waals surface area (Å²) in [7, 11) is -0.403. The molecule has 2 aromatic rings. The maximum Gasteiger partial charge on any atom is 0.508 e. The van der Waals surface area contributed by atoms with Gasteiger partial charge in [-0.25, -0.2) is 9.97 Å². The molecule has 112 valence electrons. The minimum atomic E-state index is -0.403. The number of aromatic nitrogens is 3. The quantitative estimate of drug-likeness (QED) is 0.763. The van der Waals surface area contributed by atoms with E-state index in [0.29, 0.717) is 0 Å². The highest BCUT2D eigenvalue weighted by Crippen LogP contribution is 2.37.